The molecule has 10 heteroatoms. The fourth-order valence-electron chi connectivity index (χ4n) is 4.93. The monoisotopic (exact) mass is 505 g/mol. The molecule has 1 saturated heterocycles. The Labute approximate surface area is 214 Å². The van der Waals surface area contributed by atoms with Gasteiger partial charge in [-0.15, -0.1) is 0 Å². The van der Waals surface area contributed by atoms with Crippen LogP contribution in [-0.4, -0.2) is 57.8 Å². The Balaban J connectivity index is 1.19. The molecule has 1 aromatic carbocycles. The number of carbonyl (C=O) groups is 2. The zero-order valence-electron chi connectivity index (χ0n) is 20.5. The highest BCUT2D eigenvalue weighted by Gasteiger charge is 2.49. The maximum absolute atomic E-state index is 13.2. The molecule has 2 aromatic heterocycles. The molecule has 2 amide bonds. The third kappa shape index (κ3) is 5.24. The zero-order chi connectivity index (χ0) is 26.0. The highest BCUT2D eigenvalue weighted by atomic mass is 19.1. The lowest BCUT2D eigenvalue weighted by atomic mass is 9.73. The summed E-state index contributed by atoms with van der Waals surface area (Å²) in [5, 5.41) is 14.2. The number of halogens is 1. The Morgan fingerprint density at radius 1 is 1.08 bits per heavy atom. The summed E-state index contributed by atoms with van der Waals surface area (Å²) in [4.78, 5) is 34.5. The summed E-state index contributed by atoms with van der Waals surface area (Å²) < 4.78 is 19.4. The second kappa shape index (κ2) is 10.1. The number of benzene rings is 1. The molecular formula is C27H28FN5O4. The lowest BCUT2D eigenvalue weighted by molar-refractivity contribution is -0.605. The number of carbonyl (C=O) groups excluding carboxylic acids is 2. The standard InChI is InChI=1S/C27H28FN5O4/c1-19(25(34)30-24-8-7-23(17-29-24)37-22-5-3-21(28)4-6-22)31-15-16-33(27(18-31)11-2-12-27)26(35)20-9-13-32(36)14-10-20/h3-10,13-14,17,19H,2,11-12,15-16,18H2,1H3,(H,29,30,34)/t19-/m1/s1. The molecule has 1 N–H and O–H groups in total. The van der Waals surface area contributed by atoms with Crippen LogP contribution >= 0.6 is 0 Å². The molecule has 37 heavy (non-hydrogen) atoms. The van der Waals surface area contributed by atoms with Crippen molar-refractivity contribution in [3.8, 4) is 11.5 Å². The Morgan fingerprint density at radius 2 is 1.78 bits per heavy atom. The van der Waals surface area contributed by atoms with Crippen LogP contribution in [0.4, 0.5) is 10.2 Å². The smallest absolute Gasteiger partial charge is 0.254 e. The number of ether oxygens (including phenoxy) is 1. The molecule has 3 aromatic rings. The summed E-state index contributed by atoms with van der Waals surface area (Å²) in [7, 11) is 0. The van der Waals surface area contributed by atoms with E-state index in [1.54, 1.807) is 24.3 Å². The second-order valence-electron chi connectivity index (χ2n) is 9.55. The fourth-order valence-corrected chi connectivity index (χ4v) is 4.93. The molecule has 0 radical (unpaired) electrons. The van der Waals surface area contributed by atoms with Crippen LogP contribution in [0.1, 0.15) is 36.5 Å². The summed E-state index contributed by atoms with van der Waals surface area (Å²) in [6, 6.07) is 11.7. The highest BCUT2D eigenvalue weighted by molar-refractivity contribution is 5.95. The number of pyridine rings is 2. The minimum Gasteiger partial charge on any atom is -0.619 e. The Morgan fingerprint density at radius 3 is 2.41 bits per heavy atom. The molecule has 3 heterocycles. The molecule has 2 aliphatic rings. The molecular weight excluding hydrogens is 477 g/mol. The van der Waals surface area contributed by atoms with Gasteiger partial charge in [0.2, 0.25) is 5.91 Å². The molecule has 0 bridgehead atoms. The normalized spacial score (nSPS) is 17.6. The first-order chi connectivity index (χ1) is 17.8. The van der Waals surface area contributed by atoms with Crippen molar-refractivity contribution in [3.63, 3.8) is 0 Å². The zero-order valence-corrected chi connectivity index (χ0v) is 20.5. The molecule has 9 nitrogen and oxygen atoms in total. The number of hydrogen-bond acceptors (Lipinski definition) is 6. The number of nitrogens with zero attached hydrogens (tertiary/aromatic N) is 4. The van der Waals surface area contributed by atoms with E-state index in [2.05, 4.69) is 15.2 Å². The quantitative estimate of drug-likeness (QED) is 0.407. The average molecular weight is 506 g/mol. The van der Waals surface area contributed by atoms with Gasteiger partial charge in [-0.05, 0) is 62.6 Å². The largest absolute Gasteiger partial charge is 0.619 e. The van der Waals surface area contributed by atoms with E-state index >= 15 is 0 Å². The minimum atomic E-state index is -0.414. The molecule has 5 rings (SSSR count). The molecule has 1 atom stereocenters. The number of amides is 2. The van der Waals surface area contributed by atoms with Crippen molar-refractivity contribution in [2.75, 3.05) is 25.0 Å². The minimum absolute atomic E-state index is 0.0794. The van der Waals surface area contributed by atoms with E-state index in [0.717, 1.165) is 19.3 Å². The molecule has 1 spiro atoms. The third-order valence-corrected chi connectivity index (χ3v) is 7.22. The molecule has 1 aliphatic heterocycles. The van der Waals surface area contributed by atoms with Crippen LogP contribution in [-0.2, 0) is 4.79 Å². The number of piperazine rings is 1. The number of nitrogens with one attached hydrogen (secondary N) is 1. The topological polar surface area (TPSA) is 102 Å². The van der Waals surface area contributed by atoms with Crippen LogP contribution in [0.2, 0.25) is 0 Å². The van der Waals surface area contributed by atoms with Crippen LogP contribution in [0, 0.1) is 11.0 Å². The van der Waals surface area contributed by atoms with Gasteiger partial charge in [0.15, 0.2) is 12.4 Å². The summed E-state index contributed by atoms with van der Waals surface area (Å²) in [5.74, 6) is 0.742. The predicted octanol–water partition coefficient (Wildman–Crippen LogP) is 3.35. The van der Waals surface area contributed by atoms with Crippen molar-refractivity contribution in [2.45, 2.75) is 37.8 Å². The van der Waals surface area contributed by atoms with Crippen molar-refractivity contribution >= 4 is 17.6 Å². The average Bonchev–Trinajstić information content (AvgIpc) is 2.89. The first-order valence-electron chi connectivity index (χ1n) is 12.3. The first-order valence-corrected chi connectivity index (χ1v) is 12.3. The predicted molar refractivity (Wildman–Crippen MR) is 133 cm³/mol. The van der Waals surface area contributed by atoms with Gasteiger partial charge in [0, 0.05) is 31.8 Å². The van der Waals surface area contributed by atoms with Gasteiger partial charge < -0.3 is 20.2 Å². The van der Waals surface area contributed by atoms with E-state index < -0.39 is 6.04 Å². The van der Waals surface area contributed by atoms with Crippen LogP contribution in [0.5, 0.6) is 11.5 Å². The van der Waals surface area contributed by atoms with E-state index in [1.807, 2.05) is 11.8 Å². The Kier molecular flexibility index (Phi) is 6.75. The highest BCUT2D eigenvalue weighted by Crippen LogP contribution is 2.41. The molecule has 0 unspecified atom stereocenters. The number of anilines is 1. The van der Waals surface area contributed by atoms with Crippen LogP contribution in [0.25, 0.3) is 0 Å². The van der Waals surface area contributed by atoms with Crippen molar-refractivity contribution in [1.29, 1.82) is 0 Å². The number of rotatable bonds is 6. The van der Waals surface area contributed by atoms with Gasteiger partial charge >= 0.3 is 0 Å². The Hall–Kier alpha value is -4.05. The molecule has 192 valence electrons. The number of aromatic nitrogens is 2. The summed E-state index contributed by atoms with van der Waals surface area (Å²) in [6.45, 7) is 3.54. The second-order valence-corrected chi connectivity index (χ2v) is 9.55. The van der Waals surface area contributed by atoms with Crippen LogP contribution < -0.4 is 14.8 Å². The van der Waals surface area contributed by atoms with Crippen molar-refractivity contribution in [2.24, 2.45) is 0 Å². The fraction of sp³-hybridized carbons (Fsp3) is 0.333. The third-order valence-electron chi connectivity index (χ3n) is 7.22. The van der Waals surface area contributed by atoms with Gasteiger partial charge in [0.05, 0.1) is 23.3 Å². The van der Waals surface area contributed by atoms with Gasteiger partial charge in [-0.2, -0.15) is 4.73 Å². The van der Waals surface area contributed by atoms with Crippen molar-refractivity contribution in [3.05, 3.63) is 83.7 Å². The molecule has 2 fully saturated rings. The van der Waals surface area contributed by atoms with E-state index in [9.17, 15) is 19.2 Å². The number of hydrogen-bond donors (Lipinski definition) is 1. The SMILES string of the molecule is C[C@H](C(=O)Nc1ccc(Oc2ccc(F)cc2)cn1)N1CCN(C(=O)c2cc[n+]([O-])cc2)C2(CCC2)C1. The van der Waals surface area contributed by atoms with E-state index in [4.69, 9.17) is 4.74 Å². The summed E-state index contributed by atoms with van der Waals surface area (Å²) in [5.41, 5.74) is 0.195. The maximum Gasteiger partial charge on any atom is 0.254 e. The van der Waals surface area contributed by atoms with Gasteiger partial charge in [-0.1, -0.05) is 0 Å². The van der Waals surface area contributed by atoms with Crippen molar-refractivity contribution < 1.29 is 23.4 Å². The van der Waals surface area contributed by atoms with Gasteiger partial charge in [-0.25, -0.2) is 9.37 Å². The van der Waals surface area contributed by atoms with E-state index in [1.165, 1.54) is 42.9 Å². The molecule has 1 saturated carbocycles. The van der Waals surface area contributed by atoms with Gasteiger partial charge in [-0.3, -0.25) is 14.5 Å². The van der Waals surface area contributed by atoms with E-state index in [0.29, 0.717) is 47.2 Å². The van der Waals surface area contributed by atoms with Crippen LogP contribution in [0.3, 0.4) is 0 Å². The maximum atomic E-state index is 13.2. The van der Waals surface area contributed by atoms with Gasteiger partial charge in [0.25, 0.3) is 5.91 Å². The van der Waals surface area contributed by atoms with E-state index in [-0.39, 0.29) is 23.2 Å². The molecule has 1 aliphatic carbocycles. The first kappa shape index (κ1) is 24.6. The summed E-state index contributed by atoms with van der Waals surface area (Å²) in [6.07, 6.45) is 6.96. The van der Waals surface area contributed by atoms with Gasteiger partial charge in [0.1, 0.15) is 23.1 Å². The van der Waals surface area contributed by atoms with Crippen LogP contribution in [0.15, 0.2) is 67.1 Å². The van der Waals surface area contributed by atoms with Crippen molar-refractivity contribution in [1.82, 2.24) is 14.8 Å². The Bertz CT molecular complexity index is 1260. The lowest BCUT2D eigenvalue weighted by Crippen LogP contribution is -2.68. The lowest BCUT2D eigenvalue weighted by Gasteiger charge is -2.56. The summed E-state index contributed by atoms with van der Waals surface area (Å²) >= 11 is 0.